The minimum atomic E-state index is -2.84. The highest BCUT2D eigenvalue weighted by molar-refractivity contribution is 5.76. The summed E-state index contributed by atoms with van der Waals surface area (Å²) in [6, 6.07) is 0. The van der Waals surface area contributed by atoms with Gasteiger partial charge in [0.2, 0.25) is 5.91 Å². The number of alkyl halides is 2. The molecule has 0 aromatic rings. The van der Waals surface area contributed by atoms with Gasteiger partial charge in [-0.3, -0.25) is 4.79 Å². The Morgan fingerprint density at radius 3 is 2.41 bits per heavy atom. The van der Waals surface area contributed by atoms with Crippen LogP contribution in [-0.4, -0.2) is 36.6 Å². The topological polar surface area (TPSA) is 75.4 Å². The molecular formula is C11H22F2N2O2. The Balaban J connectivity index is 3.90. The van der Waals surface area contributed by atoms with E-state index in [0.717, 1.165) is 6.42 Å². The number of nitrogens with two attached hydrogens (primary N) is 1. The van der Waals surface area contributed by atoms with Crippen molar-refractivity contribution in [3.63, 3.8) is 0 Å². The van der Waals surface area contributed by atoms with Crippen LogP contribution >= 0.6 is 0 Å². The first-order chi connectivity index (χ1) is 7.86. The van der Waals surface area contributed by atoms with Crippen LogP contribution < -0.4 is 11.1 Å². The fourth-order valence-electron chi connectivity index (χ4n) is 1.57. The number of halogens is 2. The van der Waals surface area contributed by atoms with Gasteiger partial charge in [0, 0.05) is 13.0 Å². The van der Waals surface area contributed by atoms with Crippen molar-refractivity contribution < 1.29 is 18.7 Å². The summed E-state index contributed by atoms with van der Waals surface area (Å²) in [6.45, 7) is 4.03. The van der Waals surface area contributed by atoms with Gasteiger partial charge in [0.15, 0.2) is 0 Å². The second-order valence-electron chi connectivity index (χ2n) is 4.64. The van der Waals surface area contributed by atoms with E-state index in [1.165, 1.54) is 0 Å². The van der Waals surface area contributed by atoms with E-state index in [9.17, 15) is 13.6 Å². The lowest BCUT2D eigenvalue weighted by Crippen LogP contribution is -2.37. The molecule has 0 saturated carbocycles. The Morgan fingerprint density at radius 2 is 2.00 bits per heavy atom. The average molecular weight is 252 g/mol. The molecule has 1 amide bonds. The number of hydrogen-bond acceptors (Lipinski definition) is 3. The molecule has 6 heteroatoms. The van der Waals surface area contributed by atoms with Crippen LogP contribution in [0.15, 0.2) is 0 Å². The van der Waals surface area contributed by atoms with E-state index in [1.54, 1.807) is 0 Å². The number of carbonyl (C=O) groups excluding carboxylic acids is 1. The van der Waals surface area contributed by atoms with Gasteiger partial charge < -0.3 is 16.2 Å². The largest absolute Gasteiger partial charge is 0.385 e. The molecule has 0 aromatic heterocycles. The molecule has 0 aliphatic carbocycles. The number of nitrogens with one attached hydrogen (secondary N) is 1. The molecule has 4 N–H and O–H groups in total. The van der Waals surface area contributed by atoms with Crippen molar-refractivity contribution in [2.24, 2.45) is 17.6 Å². The number of carbonyl (C=O) groups is 1. The summed E-state index contributed by atoms with van der Waals surface area (Å²) in [6.07, 6.45) is -3.61. The second-order valence-corrected chi connectivity index (χ2v) is 4.64. The molecule has 17 heavy (non-hydrogen) atoms. The monoisotopic (exact) mass is 252 g/mol. The summed E-state index contributed by atoms with van der Waals surface area (Å²) in [7, 11) is 0. The third-order valence-electron chi connectivity index (χ3n) is 2.41. The lowest BCUT2D eigenvalue weighted by Gasteiger charge is -2.17. The number of aliphatic hydroxyl groups excluding tert-OH is 1. The van der Waals surface area contributed by atoms with Crippen LogP contribution in [0.4, 0.5) is 8.78 Å². The van der Waals surface area contributed by atoms with Crippen LogP contribution in [0.3, 0.4) is 0 Å². The number of amides is 1. The second kappa shape index (κ2) is 8.36. The molecule has 0 aliphatic rings. The third kappa shape index (κ3) is 8.04. The van der Waals surface area contributed by atoms with Gasteiger partial charge in [-0.2, -0.15) is 0 Å². The van der Waals surface area contributed by atoms with Crippen LogP contribution in [0, 0.1) is 11.8 Å². The third-order valence-corrected chi connectivity index (χ3v) is 2.41. The van der Waals surface area contributed by atoms with E-state index >= 15 is 0 Å². The van der Waals surface area contributed by atoms with Gasteiger partial charge in [-0.15, -0.1) is 0 Å². The van der Waals surface area contributed by atoms with Crippen molar-refractivity contribution >= 4 is 5.91 Å². The lowest BCUT2D eigenvalue weighted by molar-refractivity contribution is -0.123. The van der Waals surface area contributed by atoms with E-state index < -0.39 is 19.1 Å². The Morgan fingerprint density at radius 1 is 1.41 bits per heavy atom. The first-order valence-corrected chi connectivity index (χ1v) is 5.79. The Hall–Kier alpha value is -0.750. The molecule has 0 fully saturated rings. The van der Waals surface area contributed by atoms with Gasteiger partial charge in [0.25, 0.3) is 6.43 Å². The zero-order valence-electron chi connectivity index (χ0n) is 10.3. The summed E-state index contributed by atoms with van der Waals surface area (Å²) >= 11 is 0. The molecule has 102 valence electrons. The fraction of sp³-hybridized carbons (Fsp3) is 0.909. The molecule has 2 atom stereocenters. The van der Waals surface area contributed by atoms with Crippen LogP contribution in [0.5, 0.6) is 0 Å². The van der Waals surface area contributed by atoms with Crippen LogP contribution in [0.1, 0.15) is 26.7 Å². The first-order valence-electron chi connectivity index (χ1n) is 5.79. The van der Waals surface area contributed by atoms with E-state index in [4.69, 9.17) is 10.8 Å². The Kier molecular flexibility index (Phi) is 7.99. The SMILES string of the molecule is CC(C)CC(CN)CC(=O)NCC(O)C(F)F. The molecule has 0 aliphatic heterocycles. The Labute approximate surface area is 101 Å². The smallest absolute Gasteiger partial charge is 0.265 e. The predicted molar refractivity (Wildman–Crippen MR) is 61.6 cm³/mol. The van der Waals surface area contributed by atoms with Crippen molar-refractivity contribution in [2.75, 3.05) is 13.1 Å². The highest BCUT2D eigenvalue weighted by Crippen LogP contribution is 2.13. The van der Waals surface area contributed by atoms with Crippen LogP contribution in [0.2, 0.25) is 0 Å². The maximum atomic E-state index is 12.0. The lowest BCUT2D eigenvalue weighted by atomic mass is 9.94. The van der Waals surface area contributed by atoms with Crippen LogP contribution in [0.25, 0.3) is 0 Å². The van der Waals surface area contributed by atoms with E-state index in [-0.39, 0.29) is 18.2 Å². The van der Waals surface area contributed by atoms with Gasteiger partial charge in [0.05, 0.1) is 0 Å². The minimum absolute atomic E-state index is 0.0543. The summed E-state index contributed by atoms with van der Waals surface area (Å²) in [5, 5.41) is 11.1. The molecule has 0 radical (unpaired) electrons. The van der Waals surface area contributed by atoms with E-state index in [1.807, 2.05) is 13.8 Å². The first kappa shape index (κ1) is 16.2. The maximum absolute atomic E-state index is 12.0. The van der Waals surface area contributed by atoms with Crippen molar-refractivity contribution in [2.45, 2.75) is 39.2 Å². The Bertz CT molecular complexity index is 226. The molecule has 0 spiro atoms. The van der Waals surface area contributed by atoms with Gasteiger partial charge in [-0.1, -0.05) is 13.8 Å². The number of hydrogen-bond donors (Lipinski definition) is 3. The molecule has 2 unspecified atom stereocenters. The van der Waals surface area contributed by atoms with Crippen molar-refractivity contribution in [1.82, 2.24) is 5.32 Å². The molecule has 0 rings (SSSR count). The molecule has 0 saturated heterocycles. The molecule has 0 heterocycles. The standard InChI is InChI=1S/C11H22F2N2O2/c1-7(2)3-8(5-14)4-10(17)15-6-9(16)11(12)13/h7-9,11,16H,3-6,14H2,1-2H3,(H,15,17). The summed E-state index contributed by atoms with van der Waals surface area (Å²) in [5.41, 5.74) is 5.52. The van der Waals surface area contributed by atoms with Gasteiger partial charge >= 0.3 is 0 Å². The summed E-state index contributed by atoms with van der Waals surface area (Å²) < 4.78 is 23.9. The normalized spacial score (nSPS) is 15.1. The average Bonchev–Trinajstić information content (AvgIpc) is 2.23. The predicted octanol–water partition coefficient (Wildman–Crippen LogP) is 0.740. The van der Waals surface area contributed by atoms with E-state index in [0.29, 0.717) is 12.5 Å². The number of rotatable bonds is 8. The fourth-order valence-corrected chi connectivity index (χ4v) is 1.57. The minimum Gasteiger partial charge on any atom is -0.385 e. The quantitative estimate of drug-likeness (QED) is 0.596. The van der Waals surface area contributed by atoms with Crippen molar-refractivity contribution in [3.05, 3.63) is 0 Å². The zero-order chi connectivity index (χ0) is 13.4. The van der Waals surface area contributed by atoms with Gasteiger partial charge in [-0.05, 0) is 24.8 Å². The van der Waals surface area contributed by atoms with Gasteiger partial charge in [-0.25, -0.2) is 8.78 Å². The molecule has 0 bridgehead atoms. The van der Waals surface area contributed by atoms with Crippen LogP contribution in [-0.2, 0) is 4.79 Å². The summed E-state index contributed by atoms with van der Waals surface area (Å²) in [4.78, 5) is 11.4. The molecular weight excluding hydrogens is 230 g/mol. The summed E-state index contributed by atoms with van der Waals surface area (Å²) in [5.74, 6) is 0.141. The number of aliphatic hydroxyl groups is 1. The van der Waals surface area contributed by atoms with Gasteiger partial charge in [0.1, 0.15) is 6.10 Å². The van der Waals surface area contributed by atoms with Crippen molar-refractivity contribution in [3.8, 4) is 0 Å². The molecule has 0 aromatic carbocycles. The van der Waals surface area contributed by atoms with Crippen molar-refractivity contribution in [1.29, 1.82) is 0 Å². The zero-order valence-corrected chi connectivity index (χ0v) is 10.3. The highest BCUT2D eigenvalue weighted by atomic mass is 19.3. The highest BCUT2D eigenvalue weighted by Gasteiger charge is 2.19. The maximum Gasteiger partial charge on any atom is 0.265 e. The molecule has 4 nitrogen and oxygen atoms in total. The van der Waals surface area contributed by atoms with E-state index in [2.05, 4.69) is 5.32 Å².